The lowest BCUT2D eigenvalue weighted by Gasteiger charge is -2.29. The fourth-order valence-corrected chi connectivity index (χ4v) is 4.63. The van der Waals surface area contributed by atoms with Gasteiger partial charge in [-0.3, -0.25) is 0 Å². The van der Waals surface area contributed by atoms with Crippen molar-refractivity contribution in [3.05, 3.63) is 35.4 Å². The lowest BCUT2D eigenvalue weighted by Crippen LogP contribution is -2.29. The van der Waals surface area contributed by atoms with Crippen molar-refractivity contribution < 1.29 is 5.11 Å². The highest BCUT2D eigenvalue weighted by Crippen LogP contribution is 2.50. The molecule has 1 aromatic carbocycles. The molecule has 0 spiro atoms. The van der Waals surface area contributed by atoms with Crippen molar-refractivity contribution >= 4 is 0 Å². The molecule has 2 heteroatoms. The summed E-state index contributed by atoms with van der Waals surface area (Å²) >= 11 is 0. The van der Waals surface area contributed by atoms with Crippen LogP contribution in [0.1, 0.15) is 49.1 Å². The largest absolute Gasteiger partial charge is 0.392 e. The molecule has 5 atom stereocenters. The van der Waals surface area contributed by atoms with Gasteiger partial charge in [-0.15, -0.1) is 0 Å². The Morgan fingerprint density at radius 2 is 2.05 bits per heavy atom. The number of aryl methyl sites for hydroxylation is 1. The zero-order chi connectivity index (χ0) is 14.1. The summed E-state index contributed by atoms with van der Waals surface area (Å²) in [4.78, 5) is 0. The van der Waals surface area contributed by atoms with E-state index in [4.69, 9.17) is 5.73 Å². The molecule has 0 heterocycles. The maximum Gasteiger partial charge on any atom is 0.0623 e. The lowest BCUT2D eigenvalue weighted by atomic mass is 9.80. The Balaban J connectivity index is 1.68. The van der Waals surface area contributed by atoms with Gasteiger partial charge in [0.1, 0.15) is 0 Å². The van der Waals surface area contributed by atoms with Crippen LogP contribution in [-0.2, 0) is 0 Å². The molecule has 2 saturated carbocycles. The Kier molecular flexibility index (Phi) is 4.13. The van der Waals surface area contributed by atoms with Gasteiger partial charge in [0.05, 0.1) is 6.10 Å². The van der Waals surface area contributed by atoms with Crippen molar-refractivity contribution in [2.75, 3.05) is 6.54 Å². The van der Waals surface area contributed by atoms with Crippen LogP contribution in [0.15, 0.2) is 24.3 Å². The molecule has 2 aliphatic rings. The van der Waals surface area contributed by atoms with Crippen molar-refractivity contribution in [2.24, 2.45) is 23.5 Å². The Labute approximate surface area is 122 Å². The van der Waals surface area contributed by atoms with E-state index in [0.717, 1.165) is 24.2 Å². The van der Waals surface area contributed by atoms with Crippen LogP contribution in [0.3, 0.4) is 0 Å². The second-order valence-corrected chi connectivity index (χ2v) is 6.94. The van der Waals surface area contributed by atoms with Crippen molar-refractivity contribution in [2.45, 2.75) is 51.0 Å². The zero-order valence-electron chi connectivity index (χ0n) is 12.5. The van der Waals surface area contributed by atoms with Crippen LogP contribution in [0.5, 0.6) is 0 Å². The molecule has 20 heavy (non-hydrogen) atoms. The first-order valence-electron chi connectivity index (χ1n) is 8.12. The first-order valence-corrected chi connectivity index (χ1v) is 8.12. The number of aliphatic hydroxyl groups is 1. The van der Waals surface area contributed by atoms with Gasteiger partial charge >= 0.3 is 0 Å². The normalized spacial score (nSPS) is 31.4. The number of fused-ring (bicyclic) bond motifs is 2. The van der Waals surface area contributed by atoms with Crippen LogP contribution in [0.2, 0.25) is 0 Å². The highest BCUT2D eigenvalue weighted by Gasteiger charge is 2.40. The van der Waals surface area contributed by atoms with Gasteiger partial charge in [0.25, 0.3) is 0 Å². The van der Waals surface area contributed by atoms with Gasteiger partial charge in [-0.25, -0.2) is 0 Å². The maximum absolute atomic E-state index is 10.7. The number of hydrogen-bond acceptors (Lipinski definition) is 2. The minimum Gasteiger partial charge on any atom is -0.392 e. The molecule has 2 bridgehead atoms. The molecule has 1 aromatic rings. The van der Waals surface area contributed by atoms with Crippen LogP contribution < -0.4 is 5.73 Å². The summed E-state index contributed by atoms with van der Waals surface area (Å²) in [6, 6.07) is 8.34. The average Bonchev–Trinajstić information content (AvgIpc) is 3.04. The van der Waals surface area contributed by atoms with Crippen LogP contribution >= 0.6 is 0 Å². The average molecular weight is 273 g/mol. The first-order chi connectivity index (χ1) is 9.69. The number of rotatable bonds is 5. The number of nitrogens with two attached hydrogens (primary N) is 1. The molecule has 2 nitrogen and oxygen atoms in total. The predicted molar refractivity (Wildman–Crippen MR) is 82.5 cm³/mol. The van der Waals surface area contributed by atoms with E-state index in [0.29, 0.717) is 6.54 Å². The summed E-state index contributed by atoms with van der Waals surface area (Å²) in [5, 5.41) is 10.7. The Morgan fingerprint density at radius 1 is 1.25 bits per heavy atom. The van der Waals surface area contributed by atoms with E-state index in [9.17, 15) is 5.11 Å². The molecule has 5 unspecified atom stereocenters. The maximum atomic E-state index is 10.7. The lowest BCUT2D eigenvalue weighted by molar-refractivity contribution is 0.101. The number of benzene rings is 1. The fourth-order valence-electron chi connectivity index (χ4n) is 4.63. The predicted octanol–water partition coefficient (Wildman–Crippen LogP) is 3.22. The van der Waals surface area contributed by atoms with Crippen LogP contribution in [0.4, 0.5) is 0 Å². The Morgan fingerprint density at radius 3 is 2.65 bits per heavy atom. The molecule has 0 radical (unpaired) electrons. The highest BCUT2D eigenvalue weighted by molar-refractivity contribution is 5.30. The van der Waals surface area contributed by atoms with E-state index in [1.165, 1.54) is 36.8 Å². The summed E-state index contributed by atoms with van der Waals surface area (Å²) in [6.07, 6.45) is 6.22. The number of aliphatic hydroxyl groups excluding tert-OH is 1. The molecule has 0 saturated heterocycles. The fraction of sp³-hybridized carbons (Fsp3) is 0.667. The third kappa shape index (κ3) is 2.64. The monoisotopic (exact) mass is 273 g/mol. The van der Waals surface area contributed by atoms with Crippen LogP contribution in [0.25, 0.3) is 0 Å². The van der Waals surface area contributed by atoms with Crippen molar-refractivity contribution in [1.29, 1.82) is 0 Å². The van der Waals surface area contributed by atoms with E-state index in [2.05, 4.69) is 31.2 Å². The van der Waals surface area contributed by atoms with Crippen LogP contribution in [-0.4, -0.2) is 17.8 Å². The van der Waals surface area contributed by atoms with Gasteiger partial charge in [0, 0.05) is 12.5 Å². The molecule has 3 N–H and O–H groups in total. The molecule has 0 aliphatic heterocycles. The minimum atomic E-state index is -0.287. The third-order valence-electron chi connectivity index (χ3n) is 5.74. The molecular formula is C18H27NO. The second kappa shape index (κ2) is 5.87. The summed E-state index contributed by atoms with van der Waals surface area (Å²) in [5.41, 5.74) is 8.44. The third-order valence-corrected chi connectivity index (χ3v) is 5.74. The molecule has 3 rings (SSSR count). The molecular weight excluding hydrogens is 246 g/mol. The van der Waals surface area contributed by atoms with E-state index in [-0.39, 0.29) is 12.0 Å². The minimum absolute atomic E-state index is 0.0929. The molecule has 0 aromatic heterocycles. The SMILES string of the molecule is Cc1ccccc1C(CN)C(O)CC1CC2CCC1C2. The summed E-state index contributed by atoms with van der Waals surface area (Å²) in [5.74, 6) is 2.66. The van der Waals surface area contributed by atoms with E-state index in [1.54, 1.807) is 0 Å². The molecule has 2 fully saturated rings. The highest BCUT2D eigenvalue weighted by atomic mass is 16.3. The zero-order valence-corrected chi connectivity index (χ0v) is 12.5. The van der Waals surface area contributed by atoms with E-state index in [1.807, 2.05) is 0 Å². The quantitative estimate of drug-likeness (QED) is 0.865. The van der Waals surface area contributed by atoms with Crippen molar-refractivity contribution in [3.63, 3.8) is 0 Å². The Bertz CT molecular complexity index is 458. The molecule has 2 aliphatic carbocycles. The van der Waals surface area contributed by atoms with Crippen molar-refractivity contribution in [1.82, 2.24) is 0 Å². The number of hydrogen-bond donors (Lipinski definition) is 2. The van der Waals surface area contributed by atoms with Gasteiger partial charge in [0.15, 0.2) is 0 Å². The second-order valence-electron chi connectivity index (χ2n) is 6.94. The molecule has 110 valence electrons. The summed E-state index contributed by atoms with van der Waals surface area (Å²) in [6.45, 7) is 2.65. The summed E-state index contributed by atoms with van der Waals surface area (Å²) < 4.78 is 0. The Hall–Kier alpha value is -0.860. The van der Waals surface area contributed by atoms with E-state index >= 15 is 0 Å². The van der Waals surface area contributed by atoms with E-state index < -0.39 is 0 Å². The van der Waals surface area contributed by atoms with Crippen LogP contribution in [0, 0.1) is 24.7 Å². The van der Waals surface area contributed by atoms with Gasteiger partial charge in [0.2, 0.25) is 0 Å². The smallest absolute Gasteiger partial charge is 0.0623 e. The topological polar surface area (TPSA) is 46.2 Å². The molecule has 0 amide bonds. The van der Waals surface area contributed by atoms with Gasteiger partial charge in [-0.2, -0.15) is 0 Å². The van der Waals surface area contributed by atoms with Gasteiger partial charge in [-0.1, -0.05) is 30.7 Å². The van der Waals surface area contributed by atoms with Gasteiger partial charge in [-0.05, 0) is 61.5 Å². The van der Waals surface area contributed by atoms with Gasteiger partial charge < -0.3 is 10.8 Å². The standard InChI is InChI=1S/C18H27NO/c1-12-4-2-3-5-16(12)17(11-19)18(20)10-15-9-13-6-7-14(15)8-13/h2-5,13-15,17-18,20H,6-11,19H2,1H3. The summed E-state index contributed by atoms with van der Waals surface area (Å²) in [7, 11) is 0. The van der Waals surface area contributed by atoms with Crippen molar-refractivity contribution in [3.8, 4) is 0 Å². The first kappa shape index (κ1) is 14.1.